The predicted octanol–water partition coefficient (Wildman–Crippen LogP) is 7.07. The maximum absolute atomic E-state index is 5.99. The maximum Gasteiger partial charge on any atom is 0.123 e. The zero-order valence-electron chi connectivity index (χ0n) is 17.9. The lowest BCUT2D eigenvalue weighted by Gasteiger charge is -2.33. The van der Waals surface area contributed by atoms with Crippen molar-refractivity contribution in [3.05, 3.63) is 65.2 Å². The average molecular weight is 353 g/mol. The van der Waals surface area contributed by atoms with Crippen LogP contribution in [0.15, 0.2) is 48.5 Å². The minimum absolute atomic E-state index is 0.00372. The smallest absolute Gasteiger partial charge is 0.123 e. The van der Waals surface area contributed by atoms with Crippen LogP contribution in [0.25, 0.3) is 0 Å². The van der Waals surface area contributed by atoms with Crippen molar-refractivity contribution in [2.75, 3.05) is 0 Å². The van der Waals surface area contributed by atoms with Gasteiger partial charge in [0.15, 0.2) is 0 Å². The first kappa shape index (κ1) is 20.6. The second-order valence-electron chi connectivity index (χ2n) is 10.1. The van der Waals surface area contributed by atoms with Gasteiger partial charge in [-0.15, -0.1) is 0 Å². The van der Waals surface area contributed by atoms with E-state index < -0.39 is 0 Å². The standard InChI is InChI=1S/C15H22O.C10H14/c1-14(2,3)12-6-7-13-11(10-12)8-9-15(4,5)16-13;1-10(2,3)9-7-5-4-6-8-9/h6-7,10H,8-9H2,1-5H3;4-8H,1-3H3. The van der Waals surface area contributed by atoms with E-state index in [1.807, 2.05) is 0 Å². The van der Waals surface area contributed by atoms with Gasteiger partial charge in [-0.1, -0.05) is 84.0 Å². The topological polar surface area (TPSA) is 9.23 Å². The third-order valence-corrected chi connectivity index (χ3v) is 4.95. The Morgan fingerprint density at radius 2 is 1.35 bits per heavy atom. The third kappa shape index (κ3) is 5.62. The molecule has 142 valence electrons. The summed E-state index contributed by atoms with van der Waals surface area (Å²) in [6, 6.07) is 17.2. The highest BCUT2D eigenvalue weighted by atomic mass is 16.5. The summed E-state index contributed by atoms with van der Waals surface area (Å²) < 4.78 is 5.99. The lowest BCUT2D eigenvalue weighted by atomic mass is 9.84. The Kier molecular flexibility index (Phi) is 5.90. The molecule has 1 nitrogen and oxygen atoms in total. The van der Waals surface area contributed by atoms with Crippen LogP contribution in [0.4, 0.5) is 0 Å². The number of ether oxygens (including phenoxy) is 1. The number of benzene rings is 2. The number of fused-ring (bicyclic) bond motifs is 1. The Bertz CT molecular complexity index is 712. The molecule has 1 heteroatoms. The Morgan fingerprint density at radius 3 is 1.85 bits per heavy atom. The molecule has 2 aromatic carbocycles. The summed E-state index contributed by atoms with van der Waals surface area (Å²) in [6.45, 7) is 17.8. The van der Waals surface area contributed by atoms with E-state index in [4.69, 9.17) is 4.74 Å². The first-order valence-electron chi connectivity index (χ1n) is 9.76. The summed E-state index contributed by atoms with van der Waals surface area (Å²) >= 11 is 0. The molecule has 0 aliphatic carbocycles. The first-order valence-corrected chi connectivity index (χ1v) is 9.76. The van der Waals surface area contributed by atoms with Crippen LogP contribution in [0.1, 0.15) is 78.5 Å². The van der Waals surface area contributed by atoms with Crippen molar-refractivity contribution in [1.82, 2.24) is 0 Å². The van der Waals surface area contributed by atoms with Gasteiger partial charge in [-0.25, -0.2) is 0 Å². The molecular weight excluding hydrogens is 316 g/mol. The van der Waals surface area contributed by atoms with Crippen molar-refractivity contribution in [3.63, 3.8) is 0 Å². The number of aryl methyl sites for hydroxylation is 1. The third-order valence-electron chi connectivity index (χ3n) is 4.95. The molecule has 2 aromatic rings. The zero-order valence-corrected chi connectivity index (χ0v) is 17.9. The molecule has 0 saturated heterocycles. The Balaban J connectivity index is 0.000000209. The minimum atomic E-state index is -0.00372. The molecule has 0 aromatic heterocycles. The molecule has 1 aliphatic heterocycles. The second-order valence-corrected chi connectivity index (χ2v) is 10.1. The molecule has 0 bridgehead atoms. The van der Waals surface area contributed by atoms with Gasteiger partial charge in [0.2, 0.25) is 0 Å². The van der Waals surface area contributed by atoms with Crippen LogP contribution in [0.3, 0.4) is 0 Å². The molecule has 1 aliphatic rings. The van der Waals surface area contributed by atoms with Crippen LogP contribution in [0.5, 0.6) is 5.75 Å². The predicted molar refractivity (Wildman–Crippen MR) is 113 cm³/mol. The van der Waals surface area contributed by atoms with E-state index in [1.165, 1.54) is 16.7 Å². The van der Waals surface area contributed by atoms with E-state index in [-0.39, 0.29) is 11.0 Å². The van der Waals surface area contributed by atoms with Gasteiger partial charge in [0.05, 0.1) is 0 Å². The molecule has 0 saturated carbocycles. The highest BCUT2D eigenvalue weighted by Crippen LogP contribution is 2.35. The summed E-state index contributed by atoms with van der Waals surface area (Å²) in [6.07, 6.45) is 2.24. The molecule has 0 atom stereocenters. The fourth-order valence-corrected chi connectivity index (χ4v) is 3.06. The molecular formula is C25H36O. The van der Waals surface area contributed by atoms with Gasteiger partial charge in [-0.3, -0.25) is 0 Å². The van der Waals surface area contributed by atoms with Crippen LogP contribution >= 0.6 is 0 Å². The Hall–Kier alpha value is -1.76. The highest BCUT2D eigenvalue weighted by molar-refractivity contribution is 5.41. The number of hydrogen-bond acceptors (Lipinski definition) is 1. The van der Waals surface area contributed by atoms with Crippen molar-refractivity contribution < 1.29 is 4.74 Å². The van der Waals surface area contributed by atoms with Gasteiger partial charge in [0, 0.05) is 0 Å². The van der Waals surface area contributed by atoms with Gasteiger partial charge >= 0.3 is 0 Å². The van der Waals surface area contributed by atoms with E-state index in [9.17, 15) is 0 Å². The van der Waals surface area contributed by atoms with Crippen LogP contribution < -0.4 is 4.74 Å². The van der Waals surface area contributed by atoms with E-state index in [0.29, 0.717) is 5.41 Å². The Labute approximate surface area is 160 Å². The van der Waals surface area contributed by atoms with Crippen LogP contribution in [0.2, 0.25) is 0 Å². The van der Waals surface area contributed by atoms with Gasteiger partial charge in [-0.05, 0) is 60.3 Å². The molecule has 26 heavy (non-hydrogen) atoms. The van der Waals surface area contributed by atoms with Crippen LogP contribution in [0, 0.1) is 0 Å². The van der Waals surface area contributed by atoms with Crippen LogP contribution in [-0.4, -0.2) is 5.60 Å². The molecule has 0 radical (unpaired) electrons. The lowest BCUT2D eigenvalue weighted by molar-refractivity contribution is 0.0846. The van der Waals surface area contributed by atoms with Crippen LogP contribution in [-0.2, 0) is 17.3 Å². The largest absolute Gasteiger partial charge is 0.488 e. The van der Waals surface area contributed by atoms with Crippen molar-refractivity contribution in [3.8, 4) is 5.75 Å². The SMILES string of the molecule is CC(C)(C)c1ccccc1.CC1(C)CCc2cc(C(C)(C)C)ccc2O1. The summed E-state index contributed by atoms with van der Waals surface area (Å²) in [5.41, 5.74) is 4.68. The summed E-state index contributed by atoms with van der Waals surface area (Å²) in [7, 11) is 0. The maximum atomic E-state index is 5.99. The fraction of sp³-hybridized carbons (Fsp3) is 0.520. The summed E-state index contributed by atoms with van der Waals surface area (Å²) in [4.78, 5) is 0. The summed E-state index contributed by atoms with van der Waals surface area (Å²) in [5.74, 6) is 1.07. The number of hydrogen-bond donors (Lipinski definition) is 0. The quantitative estimate of drug-likeness (QED) is 0.492. The molecule has 0 spiro atoms. The monoisotopic (exact) mass is 352 g/mol. The lowest BCUT2D eigenvalue weighted by Crippen LogP contribution is -2.32. The average Bonchev–Trinajstić information content (AvgIpc) is 2.53. The van der Waals surface area contributed by atoms with E-state index in [1.54, 1.807) is 0 Å². The van der Waals surface area contributed by atoms with Crippen molar-refractivity contribution in [1.29, 1.82) is 0 Å². The molecule has 0 unspecified atom stereocenters. The van der Waals surface area contributed by atoms with Gasteiger partial charge < -0.3 is 4.74 Å². The molecule has 0 amide bonds. The summed E-state index contributed by atoms with van der Waals surface area (Å²) in [5, 5.41) is 0. The second kappa shape index (κ2) is 7.47. The van der Waals surface area contributed by atoms with E-state index in [0.717, 1.165) is 18.6 Å². The van der Waals surface area contributed by atoms with Gasteiger partial charge in [-0.2, -0.15) is 0 Å². The van der Waals surface area contributed by atoms with E-state index in [2.05, 4.69) is 104 Å². The van der Waals surface area contributed by atoms with Gasteiger partial charge in [0.1, 0.15) is 11.4 Å². The Morgan fingerprint density at radius 1 is 0.769 bits per heavy atom. The van der Waals surface area contributed by atoms with E-state index >= 15 is 0 Å². The number of rotatable bonds is 0. The zero-order chi connectivity index (χ0) is 19.6. The normalized spacial score (nSPS) is 16.0. The van der Waals surface area contributed by atoms with Gasteiger partial charge in [0.25, 0.3) is 0 Å². The first-order chi connectivity index (χ1) is 11.9. The fourth-order valence-electron chi connectivity index (χ4n) is 3.06. The van der Waals surface area contributed by atoms with Crippen molar-refractivity contribution in [2.45, 2.75) is 84.7 Å². The molecule has 0 fully saturated rings. The van der Waals surface area contributed by atoms with Crippen molar-refractivity contribution in [2.24, 2.45) is 0 Å². The minimum Gasteiger partial charge on any atom is -0.488 e. The highest BCUT2D eigenvalue weighted by Gasteiger charge is 2.27. The molecule has 3 rings (SSSR count). The molecule has 0 N–H and O–H groups in total. The van der Waals surface area contributed by atoms with Crippen molar-refractivity contribution >= 4 is 0 Å². The molecule has 1 heterocycles.